The fourth-order valence-electron chi connectivity index (χ4n) is 2.77. The van der Waals surface area contributed by atoms with Crippen molar-refractivity contribution in [3.05, 3.63) is 40.8 Å². The lowest BCUT2D eigenvalue weighted by Crippen LogP contribution is -2.31. The van der Waals surface area contributed by atoms with E-state index in [0.717, 1.165) is 18.5 Å². The number of likely N-dealkylation sites (tertiary alicyclic amines) is 1. The minimum absolute atomic E-state index is 0.213. The standard InChI is InChI=1S/C17H22N4O2/c22-16-7-6-15(19-20-16)14-5-8-17(18-13-14)23-12-4-11-21-9-2-1-3-10-21/h5-8,13H,1-4,9-12H2,(H,20,22). The molecule has 122 valence electrons. The van der Waals surface area contributed by atoms with E-state index in [-0.39, 0.29) is 5.56 Å². The lowest BCUT2D eigenvalue weighted by molar-refractivity contribution is 0.203. The van der Waals surface area contributed by atoms with Crippen LogP contribution in [0.3, 0.4) is 0 Å². The molecule has 0 aromatic carbocycles. The Bertz CT molecular complexity index is 643. The minimum atomic E-state index is -0.213. The van der Waals surface area contributed by atoms with Crippen LogP contribution in [0.5, 0.6) is 5.88 Å². The van der Waals surface area contributed by atoms with Gasteiger partial charge in [0.25, 0.3) is 5.56 Å². The van der Waals surface area contributed by atoms with Crippen molar-refractivity contribution in [3.63, 3.8) is 0 Å². The molecular formula is C17H22N4O2. The monoisotopic (exact) mass is 314 g/mol. The van der Waals surface area contributed by atoms with E-state index in [1.165, 1.54) is 38.4 Å². The van der Waals surface area contributed by atoms with Crippen LogP contribution in [-0.2, 0) is 0 Å². The average molecular weight is 314 g/mol. The van der Waals surface area contributed by atoms with Crippen molar-refractivity contribution in [1.29, 1.82) is 0 Å². The molecule has 3 rings (SSSR count). The van der Waals surface area contributed by atoms with Gasteiger partial charge in [-0.15, -0.1) is 0 Å². The SMILES string of the molecule is O=c1ccc(-c2ccc(OCCCN3CCCCC3)nc2)n[nH]1. The summed E-state index contributed by atoms with van der Waals surface area (Å²) in [5.74, 6) is 0.622. The first-order valence-corrected chi connectivity index (χ1v) is 8.18. The van der Waals surface area contributed by atoms with Crippen LogP contribution in [0, 0.1) is 0 Å². The smallest absolute Gasteiger partial charge is 0.264 e. The van der Waals surface area contributed by atoms with Crippen molar-refractivity contribution in [3.8, 4) is 17.1 Å². The first-order chi connectivity index (χ1) is 11.3. The number of rotatable bonds is 6. The van der Waals surface area contributed by atoms with Crippen molar-refractivity contribution in [2.45, 2.75) is 25.7 Å². The van der Waals surface area contributed by atoms with Crippen LogP contribution >= 0.6 is 0 Å². The molecule has 2 aromatic heterocycles. The molecule has 0 bridgehead atoms. The largest absolute Gasteiger partial charge is 0.478 e. The fourth-order valence-corrected chi connectivity index (χ4v) is 2.77. The lowest BCUT2D eigenvalue weighted by Gasteiger charge is -2.26. The molecule has 1 saturated heterocycles. The molecule has 6 heteroatoms. The predicted octanol–water partition coefficient (Wildman–Crippen LogP) is 2.09. The van der Waals surface area contributed by atoms with Gasteiger partial charge in [0.05, 0.1) is 12.3 Å². The van der Waals surface area contributed by atoms with Crippen LogP contribution in [0.25, 0.3) is 11.3 Å². The van der Waals surface area contributed by atoms with E-state index in [0.29, 0.717) is 18.2 Å². The summed E-state index contributed by atoms with van der Waals surface area (Å²) in [5, 5.41) is 6.40. The number of hydrogen-bond donors (Lipinski definition) is 1. The van der Waals surface area contributed by atoms with Crippen molar-refractivity contribution >= 4 is 0 Å². The molecule has 3 heterocycles. The molecule has 1 N–H and O–H groups in total. The topological polar surface area (TPSA) is 71.1 Å². The van der Waals surface area contributed by atoms with Crippen molar-refractivity contribution in [1.82, 2.24) is 20.1 Å². The maximum Gasteiger partial charge on any atom is 0.264 e. The van der Waals surface area contributed by atoms with Gasteiger partial charge in [0.15, 0.2) is 0 Å². The van der Waals surface area contributed by atoms with Crippen molar-refractivity contribution < 1.29 is 4.74 Å². The summed E-state index contributed by atoms with van der Waals surface area (Å²) in [6.45, 7) is 4.22. The molecule has 0 aliphatic carbocycles. The Labute approximate surface area is 135 Å². The minimum Gasteiger partial charge on any atom is -0.478 e. The van der Waals surface area contributed by atoms with Crippen LogP contribution < -0.4 is 10.3 Å². The molecule has 1 aliphatic heterocycles. The number of aromatic nitrogens is 3. The van der Waals surface area contributed by atoms with Crippen molar-refractivity contribution in [2.75, 3.05) is 26.2 Å². The van der Waals surface area contributed by atoms with Gasteiger partial charge in [-0.25, -0.2) is 10.1 Å². The third kappa shape index (κ3) is 4.63. The van der Waals surface area contributed by atoms with E-state index >= 15 is 0 Å². The highest BCUT2D eigenvalue weighted by molar-refractivity contribution is 5.57. The van der Waals surface area contributed by atoms with E-state index in [1.54, 1.807) is 12.3 Å². The summed E-state index contributed by atoms with van der Waals surface area (Å²) in [6.07, 6.45) is 6.74. The zero-order valence-electron chi connectivity index (χ0n) is 13.2. The molecule has 0 saturated carbocycles. The Morgan fingerprint density at radius 2 is 2.00 bits per heavy atom. The Morgan fingerprint density at radius 3 is 2.70 bits per heavy atom. The van der Waals surface area contributed by atoms with Gasteiger partial charge >= 0.3 is 0 Å². The van der Waals surface area contributed by atoms with E-state index in [9.17, 15) is 4.79 Å². The molecule has 6 nitrogen and oxygen atoms in total. The zero-order valence-corrected chi connectivity index (χ0v) is 13.2. The maximum absolute atomic E-state index is 11.0. The van der Waals surface area contributed by atoms with Crippen molar-refractivity contribution in [2.24, 2.45) is 0 Å². The summed E-state index contributed by atoms with van der Waals surface area (Å²) < 4.78 is 5.69. The van der Waals surface area contributed by atoms with E-state index in [2.05, 4.69) is 20.1 Å². The van der Waals surface area contributed by atoms with E-state index in [1.807, 2.05) is 12.1 Å². The Balaban J connectivity index is 1.45. The van der Waals surface area contributed by atoms with Gasteiger partial charge in [-0.05, 0) is 44.5 Å². The second-order valence-electron chi connectivity index (χ2n) is 5.80. The number of ether oxygens (including phenoxy) is 1. The quantitative estimate of drug-likeness (QED) is 0.827. The summed E-state index contributed by atoms with van der Waals surface area (Å²) in [4.78, 5) is 17.8. The summed E-state index contributed by atoms with van der Waals surface area (Å²) in [7, 11) is 0. The van der Waals surface area contributed by atoms with Gasteiger partial charge in [-0.2, -0.15) is 5.10 Å². The summed E-state index contributed by atoms with van der Waals surface area (Å²) >= 11 is 0. The highest BCUT2D eigenvalue weighted by Gasteiger charge is 2.09. The summed E-state index contributed by atoms with van der Waals surface area (Å²) in [5.41, 5.74) is 1.33. The van der Waals surface area contributed by atoms with Gasteiger partial charge < -0.3 is 9.64 Å². The third-order valence-corrected chi connectivity index (χ3v) is 4.03. The average Bonchev–Trinajstić information content (AvgIpc) is 2.61. The highest BCUT2D eigenvalue weighted by Crippen LogP contribution is 2.17. The number of piperidine rings is 1. The lowest BCUT2D eigenvalue weighted by atomic mass is 10.1. The third-order valence-electron chi connectivity index (χ3n) is 4.03. The molecule has 1 fully saturated rings. The molecule has 23 heavy (non-hydrogen) atoms. The molecule has 0 unspecified atom stereocenters. The molecule has 0 amide bonds. The summed E-state index contributed by atoms with van der Waals surface area (Å²) in [6, 6.07) is 6.86. The number of aromatic amines is 1. The Kier molecular flexibility index (Phi) is 5.37. The zero-order chi connectivity index (χ0) is 15.9. The van der Waals surface area contributed by atoms with Gasteiger partial charge in [-0.1, -0.05) is 6.42 Å². The maximum atomic E-state index is 11.0. The highest BCUT2D eigenvalue weighted by atomic mass is 16.5. The number of pyridine rings is 1. The number of H-pyrrole nitrogens is 1. The van der Waals surface area contributed by atoms with Gasteiger partial charge in [0, 0.05) is 30.4 Å². The van der Waals surface area contributed by atoms with Crippen LogP contribution in [0.1, 0.15) is 25.7 Å². The molecule has 1 aliphatic rings. The number of nitrogens with zero attached hydrogens (tertiary/aromatic N) is 3. The molecule has 0 radical (unpaired) electrons. The fraction of sp³-hybridized carbons (Fsp3) is 0.471. The Hall–Kier alpha value is -2.21. The molecule has 2 aromatic rings. The van der Waals surface area contributed by atoms with Crippen LogP contribution in [0.15, 0.2) is 35.3 Å². The van der Waals surface area contributed by atoms with Crippen LogP contribution in [0.2, 0.25) is 0 Å². The molecule has 0 atom stereocenters. The Morgan fingerprint density at radius 1 is 1.13 bits per heavy atom. The van der Waals surface area contributed by atoms with Crippen LogP contribution in [-0.4, -0.2) is 46.3 Å². The van der Waals surface area contributed by atoms with Gasteiger partial charge in [-0.3, -0.25) is 4.79 Å². The second kappa shape index (κ2) is 7.87. The first-order valence-electron chi connectivity index (χ1n) is 8.18. The van der Waals surface area contributed by atoms with Crippen LogP contribution in [0.4, 0.5) is 0 Å². The van der Waals surface area contributed by atoms with Gasteiger partial charge in [0.2, 0.25) is 5.88 Å². The van der Waals surface area contributed by atoms with E-state index < -0.39 is 0 Å². The molecular weight excluding hydrogens is 292 g/mol. The normalized spacial score (nSPS) is 15.5. The first kappa shape index (κ1) is 15.7. The number of nitrogens with one attached hydrogen (secondary N) is 1. The van der Waals surface area contributed by atoms with Gasteiger partial charge in [0.1, 0.15) is 0 Å². The number of hydrogen-bond acceptors (Lipinski definition) is 5. The predicted molar refractivity (Wildman–Crippen MR) is 88.5 cm³/mol. The molecule has 0 spiro atoms. The van der Waals surface area contributed by atoms with E-state index in [4.69, 9.17) is 4.74 Å². The second-order valence-corrected chi connectivity index (χ2v) is 5.80.